The van der Waals surface area contributed by atoms with Gasteiger partial charge in [0.15, 0.2) is 0 Å². The summed E-state index contributed by atoms with van der Waals surface area (Å²) in [5, 5.41) is 15.6. The topological polar surface area (TPSA) is 67.4 Å². The average Bonchev–Trinajstić information content (AvgIpc) is 3.43. The molecule has 0 atom stereocenters. The number of nitrogens with one attached hydrogen (secondary N) is 1. The molecule has 2 N–H and O–H groups in total. The fraction of sp³-hybridized carbons (Fsp3) is 0.290. The van der Waals surface area contributed by atoms with Crippen molar-refractivity contribution < 1.29 is 5.11 Å². The van der Waals surface area contributed by atoms with E-state index >= 15 is 0 Å². The molecule has 0 bridgehead atoms. The van der Waals surface area contributed by atoms with E-state index < -0.39 is 0 Å². The molecule has 0 spiro atoms. The minimum atomic E-state index is -0.109. The summed E-state index contributed by atoms with van der Waals surface area (Å²) in [6, 6.07) is 18.5. The Kier molecular flexibility index (Phi) is 5.46. The normalized spacial score (nSPS) is 16.8. The number of nitrogens with zero attached hydrogens (tertiary/aromatic N) is 4. The Morgan fingerprint density at radius 3 is 2.51 bits per heavy atom. The summed E-state index contributed by atoms with van der Waals surface area (Å²) >= 11 is 0. The molecule has 0 fully saturated rings. The monoisotopic (exact) mass is 491 g/mol. The van der Waals surface area contributed by atoms with Gasteiger partial charge in [-0.2, -0.15) is 0 Å². The molecule has 1 aliphatic rings. The van der Waals surface area contributed by atoms with E-state index in [4.69, 9.17) is 9.97 Å². The van der Waals surface area contributed by atoms with Crippen molar-refractivity contribution >= 4 is 22.3 Å². The van der Waals surface area contributed by atoms with Crippen LogP contribution >= 0.6 is 0 Å². The van der Waals surface area contributed by atoms with Crippen LogP contribution in [0.4, 0.5) is 0 Å². The number of aromatic nitrogens is 4. The molecule has 0 unspecified atom stereocenters. The van der Waals surface area contributed by atoms with Crippen LogP contribution in [0.5, 0.6) is 5.75 Å². The van der Waals surface area contributed by atoms with Crippen molar-refractivity contribution in [1.29, 1.82) is 0 Å². The van der Waals surface area contributed by atoms with Crippen molar-refractivity contribution in [2.75, 3.05) is 0 Å². The van der Waals surface area contributed by atoms with E-state index in [1.807, 2.05) is 35.0 Å². The lowest BCUT2D eigenvalue weighted by Gasteiger charge is -2.41. The van der Waals surface area contributed by atoms with E-state index in [0.717, 1.165) is 36.0 Å². The van der Waals surface area contributed by atoms with E-state index in [0.29, 0.717) is 17.0 Å². The highest BCUT2D eigenvalue weighted by Gasteiger charge is 2.33. The van der Waals surface area contributed by atoms with Crippen LogP contribution in [0.25, 0.3) is 33.5 Å². The number of benzene rings is 2. The smallest absolute Gasteiger partial charge is 0.234 e. The molecule has 0 saturated heterocycles. The van der Waals surface area contributed by atoms with Gasteiger partial charge in [0.05, 0.1) is 11.4 Å². The second kappa shape index (κ2) is 8.60. The summed E-state index contributed by atoms with van der Waals surface area (Å²) in [7, 11) is 0. The third-order valence-corrected chi connectivity index (χ3v) is 7.13. The van der Waals surface area contributed by atoms with Crippen molar-refractivity contribution in [3.05, 3.63) is 90.5 Å². The number of aromatic hydroxyl groups is 1. The quantitative estimate of drug-likeness (QED) is 0.306. The van der Waals surface area contributed by atoms with E-state index in [9.17, 15) is 5.11 Å². The van der Waals surface area contributed by atoms with E-state index in [2.05, 4.69) is 86.2 Å². The van der Waals surface area contributed by atoms with Gasteiger partial charge >= 0.3 is 0 Å². The highest BCUT2D eigenvalue weighted by Crippen LogP contribution is 2.35. The largest absolute Gasteiger partial charge is 0.507 e. The zero-order chi connectivity index (χ0) is 25.8. The van der Waals surface area contributed by atoms with E-state index in [1.54, 1.807) is 0 Å². The van der Waals surface area contributed by atoms with E-state index in [-0.39, 0.29) is 16.8 Å². The zero-order valence-corrected chi connectivity index (χ0v) is 21.9. The first kappa shape index (κ1) is 23.5. The lowest BCUT2D eigenvalue weighted by molar-refractivity contribution is 0.297. The summed E-state index contributed by atoms with van der Waals surface area (Å²) < 4.78 is 4.17. The lowest BCUT2D eigenvalue weighted by Crippen LogP contribution is -2.53. The van der Waals surface area contributed by atoms with Crippen LogP contribution in [0.3, 0.4) is 0 Å². The number of hydrogen-bond acceptors (Lipinski definition) is 4. The summed E-state index contributed by atoms with van der Waals surface area (Å²) in [4.78, 5) is 9.73. The zero-order valence-electron chi connectivity index (χ0n) is 21.9. The molecule has 6 heteroatoms. The molecule has 6 rings (SSSR count). The van der Waals surface area contributed by atoms with Crippen molar-refractivity contribution in [1.82, 2.24) is 24.3 Å². The van der Waals surface area contributed by atoms with Crippen molar-refractivity contribution in [3.8, 4) is 17.0 Å². The van der Waals surface area contributed by atoms with Crippen LogP contribution in [0.1, 0.15) is 45.4 Å². The number of fused-ring (bicyclic) bond motifs is 2. The summed E-state index contributed by atoms with van der Waals surface area (Å²) in [6.07, 6.45) is 10.1. The Morgan fingerprint density at radius 2 is 1.73 bits per heavy atom. The van der Waals surface area contributed by atoms with Gasteiger partial charge in [0, 0.05) is 52.7 Å². The van der Waals surface area contributed by atoms with Gasteiger partial charge in [-0.3, -0.25) is 4.40 Å². The molecular formula is C31H33N5O. The second-order valence-electron chi connectivity index (χ2n) is 11.4. The predicted molar refractivity (Wildman–Crippen MR) is 150 cm³/mol. The molecular weight excluding hydrogens is 458 g/mol. The third kappa shape index (κ3) is 4.65. The van der Waals surface area contributed by atoms with Crippen LogP contribution in [0.2, 0.25) is 0 Å². The van der Waals surface area contributed by atoms with Crippen molar-refractivity contribution in [3.63, 3.8) is 0 Å². The molecule has 5 aromatic rings. The first-order valence-electron chi connectivity index (χ1n) is 12.9. The number of imidazole rings is 1. The highest BCUT2D eigenvalue weighted by molar-refractivity contribution is 5.88. The number of phenolic OH excluding ortho intramolecular Hbond substituents is 1. The van der Waals surface area contributed by atoms with Crippen molar-refractivity contribution in [2.45, 2.75) is 58.2 Å². The van der Waals surface area contributed by atoms with Crippen LogP contribution in [-0.2, 0) is 13.0 Å². The molecule has 0 radical (unpaired) electrons. The molecule has 0 saturated carbocycles. The molecule has 1 aliphatic heterocycles. The Morgan fingerprint density at radius 1 is 0.946 bits per heavy atom. The van der Waals surface area contributed by atoms with Gasteiger partial charge in [-0.25, -0.2) is 9.97 Å². The molecule has 3 aromatic heterocycles. The second-order valence-corrected chi connectivity index (χ2v) is 11.4. The number of rotatable bonds is 5. The SMILES string of the molecule is CC1(C)C=C(c2ccn3cc(-c4cc5c(ccn5CCc5ccccc5)cc4O)nc3n2)CC(C)(C)N1. The van der Waals surface area contributed by atoms with Gasteiger partial charge in [0.1, 0.15) is 5.75 Å². The Hall–Kier alpha value is -3.90. The predicted octanol–water partition coefficient (Wildman–Crippen LogP) is 6.23. The summed E-state index contributed by atoms with van der Waals surface area (Å²) in [5.41, 5.74) is 5.85. The minimum Gasteiger partial charge on any atom is -0.507 e. The number of aryl methyl sites for hydroxylation is 2. The maximum Gasteiger partial charge on any atom is 0.234 e. The van der Waals surface area contributed by atoms with Gasteiger partial charge in [-0.1, -0.05) is 36.4 Å². The minimum absolute atomic E-state index is 0.0153. The van der Waals surface area contributed by atoms with E-state index in [1.165, 1.54) is 11.1 Å². The fourth-order valence-corrected chi connectivity index (χ4v) is 5.78. The molecule has 188 valence electrons. The van der Waals surface area contributed by atoms with Crippen molar-refractivity contribution in [2.24, 2.45) is 0 Å². The molecule has 37 heavy (non-hydrogen) atoms. The van der Waals surface area contributed by atoms with Gasteiger partial charge in [-0.15, -0.1) is 0 Å². The highest BCUT2D eigenvalue weighted by atomic mass is 16.3. The summed E-state index contributed by atoms with van der Waals surface area (Å²) in [6.45, 7) is 9.69. The maximum absolute atomic E-state index is 10.9. The Bertz CT molecular complexity index is 1640. The fourth-order valence-electron chi connectivity index (χ4n) is 5.78. The first-order valence-corrected chi connectivity index (χ1v) is 12.9. The molecule has 4 heterocycles. The van der Waals surface area contributed by atoms with Crippen LogP contribution < -0.4 is 5.32 Å². The summed E-state index contributed by atoms with van der Waals surface area (Å²) in [5.74, 6) is 0.850. The molecule has 0 amide bonds. The average molecular weight is 492 g/mol. The molecule has 2 aromatic carbocycles. The molecule has 6 nitrogen and oxygen atoms in total. The van der Waals surface area contributed by atoms with Crippen LogP contribution in [0.15, 0.2) is 79.3 Å². The number of phenols is 1. The van der Waals surface area contributed by atoms with Crippen LogP contribution in [-0.4, -0.2) is 35.1 Å². The number of hydrogen-bond donors (Lipinski definition) is 2. The standard InChI is InChI=1S/C31H33N5O/c1-30(2)18-23(19-31(3,4)34-30)25-12-15-36-20-26(33-29(36)32-25)24-17-27-22(16-28(24)37)11-14-35(27)13-10-21-8-6-5-7-9-21/h5-9,11-12,14-18,20,34,37H,10,13,19H2,1-4H3. The molecule has 0 aliphatic carbocycles. The van der Waals surface area contributed by atoms with Gasteiger partial charge in [-0.05, 0) is 75.9 Å². The van der Waals surface area contributed by atoms with Gasteiger partial charge in [0.2, 0.25) is 5.78 Å². The van der Waals surface area contributed by atoms with Gasteiger partial charge in [0.25, 0.3) is 0 Å². The van der Waals surface area contributed by atoms with Gasteiger partial charge < -0.3 is 15.0 Å². The third-order valence-electron chi connectivity index (χ3n) is 7.13. The maximum atomic E-state index is 10.9. The Labute approximate surface area is 217 Å². The van der Waals surface area contributed by atoms with Crippen LogP contribution in [0, 0.1) is 0 Å². The lowest BCUT2D eigenvalue weighted by atomic mass is 9.82. The first-order chi connectivity index (χ1) is 17.7. The Balaban J connectivity index is 1.34.